The highest BCUT2D eigenvalue weighted by Crippen LogP contribution is 2.42. The molecule has 2 fully saturated rings. The summed E-state index contributed by atoms with van der Waals surface area (Å²) in [6, 6.07) is 6.04. The number of halogens is 3. The van der Waals surface area contributed by atoms with Crippen molar-refractivity contribution in [2.24, 2.45) is 5.41 Å². The van der Waals surface area contributed by atoms with E-state index in [-0.39, 0.29) is 34.1 Å². The number of carbonyl (C=O) groups is 2. The van der Waals surface area contributed by atoms with Crippen LogP contribution in [-0.4, -0.2) is 74.2 Å². The molecule has 242 valence electrons. The number of aromatic nitrogens is 4. The number of nitrogens with one attached hydrogen (secondary N) is 1. The van der Waals surface area contributed by atoms with Crippen molar-refractivity contribution in [3.63, 3.8) is 0 Å². The Bertz CT molecular complexity index is 1580. The topological polar surface area (TPSA) is 158 Å². The van der Waals surface area contributed by atoms with Crippen LogP contribution in [0, 0.1) is 12.3 Å². The quantitative estimate of drug-likeness (QED) is 0.321. The Morgan fingerprint density at radius 2 is 1.84 bits per heavy atom. The van der Waals surface area contributed by atoms with Crippen LogP contribution in [-0.2, 0) is 9.53 Å². The van der Waals surface area contributed by atoms with E-state index in [1.807, 2.05) is 4.90 Å². The normalized spacial score (nSPS) is 19.0. The molecule has 1 spiro atoms. The van der Waals surface area contributed by atoms with Gasteiger partial charge in [0, 0.05) is 37.5 Å². The van der Waals surface area contributed by atoms with Gasteiger partial charge in [0.15, 0.2) is 0 Å². The lowest BCUT2D eigenvalue weighted by atomic mass is 9.76. The number of rotatable bonds is 7. The number of nitrogens with two attached hydrogens (primary N) is 1. The van der Waals surface area contributed by atoms with E-state index in [1.54, 1.807) is 33.8 Å². The van der Waals surface area contributed by atoms with Crippen LogP contribution in [0.15, 0.2) is 36.5 Å². The molecule has 2 aliphatic rings. The van der Waals surface area contributed by atoms with E-state index in [0.29, 0.717) is 50.4 Å². The molecule has 2 aliphatic heterocycles. The highest BCUT2D eigenvalue weighted by Gasteiger charge is 2.46. The summed E-state index contributed by atoms with van der Waals surface area (Å²) < 4.78 is 56.3. The number of aryl methyl sites for hydroxylation is 1. The fraction of sp³-hybridized carbons (Fsp3) is 0.500. The van der Waals surface area contributed by atoms with Crippen molar-refractivity contribution in [3.8, 4) is 11.6 Å². The van der Waals surface area contributed by atoms with Crippen molar-refractivity contribution >= 4 is 23.7 Å². The predicted octanol–water partition coefficient (Wildman–Crippen LogP) is 4.22. The molecule has 4 heterocycles. The second-order valence-electron chi connectivity index (χ2n) is 12.6. The smallest absolute Gasteiger partial charge is 0.429 e. The van der Waals surface area contributed by atoms with E-state index in [1.165, 1.54) is 35.1 Å². The molecule has 2 atom stereocenters. The number of nitrogens with zero attached hydrogens (tertiary/aromatic N) is 5. The molecule has 15 heteroatoms. The third-order valence-corrected chi connectivity index (χ3v) is 7.97. The number of alkyl halides is 3. The number of hydrogen-bond acceptors (Lipinski definition) is 10. The fourth-order valence-electron chi connectivity index (χ4n) is 5.74. The molecule has 12 nitrogen and oxygen atoms in total. The Balaban J connectivity index is 1.44. The summed E-state index contributed by atoms with van der Waals surface area (Å²) in [4.78, 5) is 34.3. The number of carboxylic acids is 1. The second-order valence-corrected chi connectivity index (χ2v) is 12.6. The zero-order valence-corrected chi connectivity index (χ0v) is 25.4. The molecule has 0 radical (unpaired) electrons. The molecule has 0 aliphatic carbocycles. The van der Waals surface area contributed by atoms with E-state index >= 15 is 0 Å². The summed E-state index contributed by atoms with van der Waals surface area (Å²) in [5.41, 5.74) is 5.21. The molecule has 0 saturated carbocycles. The third kappa shape index (κ3) is 7.30. The van der Waals surface area contributed by atoms with Crippen LogP contribution in [0.2, 0.25) is 0 Å². The summed E-state index contributed by atoms with van der Waals surface area (Å²) in [6.07, 6.45) is -4.07. The molecular formula is C30H36F3N7O5. The van der Waals surface area contributed by atoms with E-state index in [9.17, 15) is 27.9 Å². The monoisotopic (exact) mass is 631 g/mol. The van der Waals surface area contributed by atoms with Gasteiger partial charge in [0.05, 0.1) is 16.9 Å². The van der Waals surface area contributed by atoms with E-state index in [4.69, 9.17) is 15.2 Å². The van der Waals surface area contributed by atoms with Gasteiger partial charge in [-0.05, 0) is 70.6 Å². The highest BCUT2D eigenvalue weighted by atomic mass is 19.4. The maximum Gasteiger partial charge on any atom is 0.429 e. The molecule has 2 aromatic heterocycles. The van der Waals surface area contributed by atoms with Crippen molar-refractivity contribution < 1.29 is 37.3 Å². The minimum atomic E-state index is -4.90. The van der Waals surface area contributed by atoms with E-state index in [0.717, 1.165) is 0 Å². The average Bonchev–Trinajstić information content (AvgIpc) is 3.57. The van der Waals surface area contributed by atoms with Gasteiger partial charge in [0.1, 0.15) is 17.5 Å². The number of benzene rings is 1. The van der Waals surface area contributed by atoms with Gasteiger partial charge in [-0.15, -0.1) is 0 Å². The Hall–Kier alpha value is -4.40. The van der Waals surface area contributed by atoms with Crippen LogP contribution in [0.4, 0.5) is 24.9 Å². The number of aliphatic carboxylic acids is 1. The van der Waals surface area contributed by atoms with Crippen molar-refractivity contribution in [1.82, 2.24) is 25.1 Å². The molecule has 0 bridgehead atoms. The molecule has 5 rings (SSSR count). The van der Waals surface area contributed by atoms with Crippen LogP contribution in [0.1, 0.15) is 67.8 Å². The first-order chi connectivity index (χ1) is 21.0. The third-order valence-electron chi connectivity index (χ3n) is 7.97. The lowest BCUT2D eigenvalue weighted by Crippen LogP contribution is -2.41. The first-order valence-electron chi connectivity index (χ1n) is 14.5. The lowest BCUT2D eigenvalue weighted by molar-refractivity contribution is -0.198. The number of nitrogen functional groups attached to an aromatic ring is 1. The van der Waals surface area contributed by atoms with Crippen LogP contribution in [0.25, 0.3) is 5.69 Å². The lowest BCUT2D eigenvalue weighted by Gasteiger charge is -2.39. The molecule has 0 amide bonds. The second kappa shape index (κ2) is 11.8. The molecule has 45 heavy (non-hydrogen) atoms. The van der Waals surface area contributed by atoms with Crippen LogP contribution < -0.4 is 20.7 Å². The summed E-state index contributed by atoms with van der Waals surface area (Å²) >= 11 is 0. The summed E-state index contributed by atoms with van der Waals surface area (Å²) in [7, 11) is 0. The summed E-state index contributed by atoms with van der Waals surface area (Å²) in [5, 5.41) is 16.7. The largest absolute Gasteiger partial charge is 0.480 e. The number of carboxylic acid groups (broad SMARTS) is 1. The molecule has 3 aromatic rings. The van der Waals surface area contributed by atoms with Crippen LogP contribution in [0.3, 0.4) is 0 Å². The zero-order chi connectivity index (χ0) is 32.7. The van der Waals surface area contributed by atoms with Gasteiger partial charge in [-0.3, -0.25) is 4.79 Å². The Kier molecular flexibility index (Phi) is 8.42. The number of anilines is 2. The zero-order valence-electron chi connectivity index (χ0n) is 25.4. The average molecular weight is 632 g/mol. The first kappa shape index (κ1) is 32.0. The van der Waals surface area contributed by atoms with Crippen molar-refractivity contribution in [1.29, 1.82) is 0 Å². The molecular weight excluding hydrogens is 595 g/mol. The van der Waals surface area contributed by atoms with Gasteiger partial charge in [-0.25, -0.2) is 9.48 Å². The summed E-state index contributed by atoms with van der Waals surface area (Å²) in [6.45, 7) is 8.34. The van der Waals surface area contributed by atoms with Gasteiger partial charge >= 0.3 is 18.1 Å². The maximum atomic E-state index is 14.7. The van der Waals surface area contributed by atoms with Crippen molar-refractivity contribution in [2.75, 3.05) is 30.3 Å². The van der Waals surface area contributed by atoms with E-state index < -0.39 is 35.9 Å². The Labute approximate surface area is 257 Å². The Morgan fingerprint density at radius 3 is 2.42 bits per heavy atom. The van der Waals surface area contributed by atoms with Gasteiger partial charge in [0.25, 0.3) is 0 Å². The van der Waals surface area contributed by atoms with Crippen molar-refractivity contribution in [2.45, 2.75) is 70.9 Å². The minimum absolute atomic E-state index is 0.0257. The highest BCUT2D eigenvalue weighted by molar-refractivity contribution is 5.90. The van der Waals surface area contributed by atoms with E-state index in [2.05, 4.69) is 20.4 Å². The molecule has 1 aromatic carbocycles. The fourth-order valence-corrected chi connectivity index (χ4v) is 5.74. The molecule has 1 unspecified atom stereocenters. The minimum Gasteiger partial charge on any atom is -0.480 e. The van der Waals surface area contributed by atoms with Crippen molar-refractivity contribution in [3.05, 3.63) is 53.3 Å². The first-order valence-corrected chi connectivity index (χ1v) is 14.5. The number of carbonyl (C=O) groups excluding carboxylic acids is 1. The Morgan fingerprint density at radius 1 is 1.13 bits per heavy atom. The number of hydrogen-bond donors (Lipinski definition) is 3. The SMILES string of the molecule is Cc1ccn(-c2cc(C(=O)OC(C)(C)C)ccc2C(Oc2cc(N3CCC4(CC3)CN[C@H](C(=O)O)C4)nc(N)n2)C(F)(F)F)n1. The van der Waals surface area contributed by atoms with Gasteiger partial charge < -0.3 is 30.5 Å². The summed E-state index contributed by atoms with van der Waals surface area (Å²) in [5.74, 6) is -1.93. The van der Waals surface area contributed by atoms with Gasteiger partial charge in [-0.2, -0.15) is 28.2 Å². The number of esters is 1. The number of piperidine rings is 1. The number of ether oxygens (including phenoxy) is 2. The van der Waals surface area contributed by atoms with Crippen LogP contribution >= 0.6 is 0 Å². The maximum absolute atomic E-state index is 14.7. The molecule has 2 saturated heterocycles. The van der Waals surface area contributed by atoms with Crippen LogP contribution in [0.5, 0.6) is 5.88 Å². The predicted molar refractivity (Wildman–Crippen MR) is 157 cm³/mol. The van der Waals surface area contributed by atoms with Gasteiger partial charge in [-0.1, -0.05) is 6.07 Å². The standard InChI is InChI=1S/C30H36F3N7O5/c1-17-7-10-40(38-17)21-13-18(26(43)45-28(2,3)4)5-6-19(21)24(30(31,32)33)44-23-14-22(36-27(34)37-23)39-11-8-29(9-12-39)15-20(25(41)42)35-16-29/h5-7,10,13-14,20,24,35H,8-9,11-12,15-16H2,1-4H3,(H,41,42)(H2,34,36,37)/t20-,24?/m0/s1. The van der Waals surface area contributed by atoms with Gasteiger partial charge in [0.2, 0.25) is 17.9 Å². The molecule has 4 N–H and O–H groups in total.